The number of anilines is 2. The summed E-state index contributed by atoms with van der Waals surface area (Å²) in [5, 5.41) is 4.17. The van der Waals surface area contributed by atoms with Gasteiger partial charge in [-0.3, -0.25) is 14.5 Å². The normalized spacial score (nSPS) is 16.6. The molecule has 0 spiro atoms. The van der Waals surface area contributed by atoms with Crippen molar-refractivity contribution < 1.29 is 30.0 Å². The van der Waals surface area contributed by atoms with E-state index in [1.165, 1.54) is 29.2 Å². The van der Waals surface area contributed by atoms with E-state index in [1.807, 2.05) is 55.4 Å². The van der Waals surface area contributed by atoms with E-state index < -0.39 is 41.2 Å². The van der Waals surface area contributed by atoms with Crippen LogP contribution in [0, 0.1) is 0 Å². The predicted molar refractivity (Wildman–Crippen MR) is 249 cm³/mol. The first-order valence-electron chi connectivity index (χ1n) is 20.8. The Kier molecular flexibility index (Phi) is 15.2. The molecule has 0 radical (unpaired) electrons. The van der Waals surface area contributed by atoms with Crippen molar-refractivity contribution in [2.24, 2.45) is 0 Å². The molecule has 1 saturated heterocycles. The first kappa shape index (κ1) is 48.0. The third-order valence-corrected chi connectivity index (χ3v) is 16.6. The highest BCUT2D eigenvalue weighted by molar-refractivity contribution is 7.99. The van der Waals surface area contributed by atoms with Crippen LogP contribution in [0.3, 0.4) is 0 Å². The summed E-state index contributed by atoms with van der Waals surface area (Å²) in [4.78, 5) is 14.3. The fourth-order valence-electron chi connectivity index (χ4n) is 8.27. The number of nitrogens with one attached hydrogen (secondary N) is 2. The number of piperidine rings is 1. The third-order valence-electron chi connectivity index (χ3n) is 11.8. The number of aromatic nitrogens is 2. The van der Waals surface area contributed by atoms with Crippen LogP contribution in [-0.4, -0.2) is 105 Å². The van der Waals surface area contributed by atoms with Gasteiger partial charge in [-0.15, -0.1) is 11.8 Å². The predicted octanol–water partition coefficient (Wildman–Crippen LogP) is 9.65. The fraction of sp³-hybridized carbons (Fsp3) is 0.378. The first-order chi connectivity index (χ1) is 30.4. The highest BCUT2D eigenvalue weighted by atomic mass is 35.5. The van der Waals surface area contributed by atoms with Gasteiger partial charge in [0.05, 0.1) is 21.3 Å². The lowest BCUT2D eigenvalue weighted by atomic mass is 9.92. The van der Waals surface area contributed by atoms with Crippen LogP contribution in [0.15, 0.2) is 112 Å². The van der Waals surface area contributed by atoms with Gasteiger partial charge in [-0.1, -0.05) is 71.7 Å². The van der Waals surface area contributed by atoms with Crippen LogP contribution in [-0.2, 0) is 32.8 Å². The summed E-state index contributed by atoms with van der Waals surface area (Å²) in [5.74, 6) is 0.315. The molecule has 0 aliphatic carbocycles. The molecule has 3 heterocycles. The van der Waals surface area contributed by atoms with Gasteiger partial charge in [0.15, 0.2) is 0 Å². The van der Waals surface area contributed by atoms with Crippen molar-refractivity contribution >= 4 is 66.3 Å². The zero-order chi connectivity index (χ0) is 45.8. The highest BCUT2D eigenvalue weighted by Gasteiger charge is 2.48. The summed E-state index contributed by atoms with van der Waals surface area (Å²) in [6.07, 6.45) is 3.96. The van der Waals surface area contributed by atoms with Crippen LogP contribution >= 0.6 is 35.0 Å². The summed E-state index contributed by atoms with van der Waals surface area (Å²) < 4.78 is 99.1. The average molecular weight is 977 g/mol. The van der Waals surface area contributed by atoms with Gasteiger partial charge in [-0.25, -0.2) is 26.8 Å². The fourth-order valence-corrected chi connectivity index (χ4v) is 11.8. The van der Waals surface area contributed by atoms with E-state index in [2.05, 4.69) is 54.9 Å². The van der Waals surface area contributed by atoms with Gasteiger partial charge in [0.25, 0.3) is 19.9 Å². The quantitative estimate of drug-likeness (QED) is 0.0918. The smallest absolute Gasteiger partial charge is 0.380 e. The topological polar surface area (TPSA) is 128 Å². The Balaban J connectivity index is 1.05. The number of likely N-dealkylation sites (tertiary alicyclic amines) is 1. The number of sulfonamides is 1. The van der Waals surface area contributed by atoms with E-state index in [4.69, 9.17) is 23.2 Å². The minimum absolute atomic E-state index is 0.00424. The molecular formula is C45H50Cl2F3N7O4S3. The Bertz CT molecular complexity index is 2650. The SMILES string of the molecule is C[C@@H](c1ccccc1-c1ccc(Cl)cc1)N1CCC(N2CCc3c(ncnc3NS(=O)(=O)c3ccc(N[C@H](CCN(C)C)CSc4ccccc4Cl)c(S(=O)(=O)C(F)(F)F)c3)C2)CC1. The monoisotopic (exact) mass is 975 g/mol. The number of alkyl halides is 3. The molecule has 0 bridgehead atoms. The molecule has 2 aliphatic heterocycles. The summed E-state index contributed by atoms with van der Waals surface area (Å²) in [5.41, 5.74) is -1.32. The number of nitrogens with zero attached hydrogens (tertiary/aromatic N) is 5. The van der Waals surface area contributed by atoms with Crippen LogP contribution in [0.1, 0.15) is 49.0 Å². The summed E-state index contributed by atoms with van der Waals surface area (Å²) in [6, 6.07) is 26.1. The van der Waals surface area contributed by atoms with Gasteiger partial charge in [0.1, 0.15) is 17.0 Å². The van der Waals surface area contributed by atoms with Crippen LogP contribution < -0.4 is 10.0 Å². The largest absolute Gasteiger partial charge is 0.501 e. The number of benzene rings is 4. The van der Waals surface area contributed by atoms with E-state index in [0.29, 0.717) is 65.6 Å². The molecule has 2 N–H and O–H groups in total. The van der Waals surface area contributed by atoms with Crippen molar-refractivity contribution in [3.63, 3.8) is 0 Å². The maximum Gasteiger partial charge on any atom is 0.501 e. The van der Waals surface area contributed by atoms with Crippen LogP contribution in [0.25, 0.3) is 11.1 Å². The highest BCUT2D eigenvalue weighted by Crippen LogP contribution is 2.39. The van der Waals surface area contributed by atoms with Gasteiger partial charge in [0.2, 0.25) is 0 Å². The molecule has 7 rings (SSSR count). The average Bonchev–Trinajstić information content (AvgIpc) is 3.27. The Morgan fingerprint density at radius 2 is 1.61 bits per heavy atom. The molecule has 342 valence electrons. The molecule has 1 aromatic heterocycles. The number of hydrogen-bond donors (Lipinski definition) is 2. The standard InChI is InChI=1S/C45H50Cl2F3N7O4S3/c1-30(36-8-4-5-9-37(36)31-12-14-32(46)15-13-31)56-23-19-34(20-24-56)57-25-21-38-41(27-57)51-29-52-44(38)54-64(60,61)35-16-17-40(43(26-35)63(58,59)45(48,49)50)53-33(18-22-55(2)3)28-62-42-11-7-6-10-39(42)47/h4-17,26,29-30,33-34,53H,18-25,27-28H2,1-3H3,(H,51,52,54)/t30-,33+/m0/s1. The second-order valence-electron chi connectivity index (χ2n) is 16.3. The molecule has 0 unspecified atom stereocenters. The van der Waals surface area contributed by atoms with Crippen molar-refractivity contribution in [2.75, 3.05) is 56.1 Å². The van der Waals surface area contributed by atoms with Gasteiger partial charge in [-0.05, 0) is 112 Å². The maximum atomic E-state index is 14.2. The molecule has 1 fully saturated rings. The molecule has 2 atom stereocenters. The Labute approximate surface area is 387 Å². The number of thioether (sulfide) groups is 1. The van der Waals surface area contributed by atoms with E-state index in [-0.39, 0.29) is 23.6 Å². The van der Waals surface area contributed by atoms with E-state index in [1.54, 1.807) is 18.2 Å². The summed E-state index contributed by atoms with van der Waals surface area (Å²) in [6.45, 7) is 5.62. The van der Waals surface area contributed by atoms with Gasteiger partial charge < -0.3 is 10.2 Å². The molecule has 64 heavy (non-hydrogen) atoms. The zero-order valence-electron chi connectivity index (χ0n) is 35.5. The van der Waals surface area contributed by atoms with Gasteiger partial charge in [-0.2, -0.15) is 13.2 Å². The minimum Gasteiger partial charge on any atom is -0.380 e. The summed E-state index contributed by atoms with van der Waals surface area (Å²) in [7, 11) is -6.97. The summed E-state index contributed by atoms with van der Waals surface area (Å²) >= 11 is 13.9. The molecule has 11 nitrogen and oxygen atoms in total. The Morgan fingerprint density at radius 3 is 2.31 bits per heavy atom. The number of fused-ring (bicyclic) bond motifs is 1. The van der Waals surface area contributed by atoms with Gasteiger partial charge >= 0.3 is 5.51 Å². The Morgan fingerprint density at radius 1 is 0.906 bits per heavy atom. The van der Waals surface area contributed by atoms with E-state index in [9.17, 15) is 30.0 Å². The molecule has 19 heteroatoms. The van der Waals surface area contributed by atoms with E-state index in [0.717, 1.165) is 48.5 Å². The van der Waals surface area contributed by atoms with Crippen LogP contribution in [0.4, 0.5) is 24.7 Å². The molecule has 0 amide bonds. The van der Waals surface area contributed by atoms with Crippen molar-refractivity contribution in [3.8, 4) is 11.1 Å². The minimum atomic E-state index is -6.01. The third kappa shape index (κ3) is 11.2. The molecular weight excluding hydrogens is 927 g/mol. The number of hydrogen-bond acceptors (Lipinski definition) is 11. The number of halogens is 5. The van der Waals surface area contributed by atoms with Crippen molar-refractivity contribution in [1.29, 1.82) is 0 Å². The molecule has 5 aromatic rings. The lowest BCUT2D eigenvalue weighted by Gasteiger charge is -2.42. The van der Waals surface area contributed by atoms with Crippen LogP contribution in [0.5, 0.6) is 0 Å². The van der Waals surface area contributed by atoms with Crippen LogP contribution in [0.2, 0.25) is 10.0 Å². The van der Waals surface area contributed by atoms with E-state index >= 15 is 0 Å². The second-order valence-corrected chi connectivity index (χ2v) is 21.8. The zero-order valence-corrected chi connectivity index (χ0v) is 39.5. The number of rotatable bonds is 16. The van der Waals surface area contributed by atoms with Crippen molar-refractivity contribution in [3.05, 3.63) is 124 Å². The Hall–Kier alpha value is -3.94. The number of sulfone groups is 1. The molecule has 0 saturated carbocycles. The molecule has 2 aliphatic rings. The van der Waals surface area contributed by atoms with Gasteiger partial charge in [0, 0.05) is 65.5 Å². The first-order valence-corrected chi connectivity index (χ1v) is 25.5. The lowest BCUT2D eigenvalue weighted by Crippen LogP contribution is -2.47. The van der Waals surface area contributed by atoms with Crippen molar-refractivity contribution in [2.45, 2.75) is 77.5 Å². The second kappa shape index (κ2) is 20.3. The maximum absolute atomic E-state index is 14.2. The molecule has 4 aromatic carbocycles. The lowest BCUT2D eigenvalue weighted by molar-refractivity contribution is -0.0435. The van der Waals surface area contributed by atoms with Crippen molar-refractivity contribution in [1.82, 2.24) is 24.7 Å².